The van der Waals surface area contributed by atoms with Crippen molar-refractivity contribution in [2.75, 3.05) is 0 Å². The molecular formula is C8H13BrO3. The van der Waals surface area contributed by atoms with Crippen LogP contribution in [0, 0.1) is 5.92 Å². The number of rotatable bonds is 0. The summed E-state index contributed by atoms with van der Waals surface area (Å²) < 4.78 is 0.395. The van der Waals surface area contributed by atoms with E-state index < -0.39 is 5.97 Å². The minimum Gasteiger partial charge on any atom is -0.481 e. The Kier molecular flexibility index (Phi) is 2.78. The van der Waals surface area contributed by atoms with Crippen LogP contribution in [0.2, 0.25) is 0 Å². The normalized spacial score (nSPS) is 42.6. The minimum atomic E-state index is -0.833. The molecule has 2 aliphatic rings. The van der Waals surface area contributed by atoms with Crippen LogP contribution in [0.3, 0.4) is 0 Å². The largest absolute Gasteiger partial charge is 0.481 e. The topological polar surface area (TPSA) is 57.5 Å². The molecule has 2 N–H and O–H groups in total. The average Bonchev–Trinajstić information content (AvgIpc) is 2.30. The molecule has 3 atom stereocenters. The number of alkyl halides is 1. The van der Waals surface area contributed by atoms with Crippen LogP contribution in [0.15, 0.2) is 0 Å². The molecule has 2 saturated carbocycles. The maximum Gasteiger partial charge on any atom is 0.300 e. The van der Waals surface area contributed by atoms with Crippen molar-refractivity contribution in [3.8, 4) is 0 Å². The zero-order valence-electron chi connectivity index (χ0n) is 6.96. The summed E-state index contributed by atoms with van der Waals surface area (Å²) in [6.45, 7) is 1.08. The Morgan fingerprint density at radius 2 is 2.08 bits per heavy atom. The van der Waals surface area contributed by atoms with E-state index in [-0.39, 0.29) is 6.10 Å². The highest BCUT2D eigenvalue weighted by Crippen LogP contribution is 2.61. The molecule has 0 aromatic carbocycles. The smallest absolute Gasteiger partial charge is 0.300 e. The van der Waals surface area contributed by atoms with Crippen molar-refractivity contribution in [2.24, 2.45) is 5.92 Å². The number of aliphatic carboxylic acids is 1. The maximum atomic E-state index is 9.07. The van der Waals surface area contributed by atoms with Crippen molar-refractivity contribution >= 4 is 21.9 Å². The summed E-state index contributed by atoms with van der Waals surface area (Å²) >= 11 is 3.60. The van der Waals surface area contributed by atoms with Crippen molar-refractivity contribution < 1.29 is 15.0 Å². The first-order valence-corrected chi connectivity index (χ1v) is 4.80. The maximum absolute atomic E-state index is 9.07. The quantitative estimate of drug-likeness (QED) is 0.626. The van der Waals surface area contributed by atoms with E-state index in [9.17, 15) is 0 Å². The molecular weight excluding hydrogens is 224 g/mol. The summed E-state index contributed by atoms with van der Waals surface area (Å²) in [4.78, 5) is 9.00. The summed E-state index contributed by atoms with van der Waals surface area (Å²) in [6, 6.07) is 0. The SMILES string of the molecule is CC(=O)O.O[C@@H]1C[C@H]2C[C@@]2(Br)C1. The molecule has 0 unspecified atom stereocenters. The van der Waals surface area contributed by atoms with E-state index in [1.165, 1.54) is 6.42 Å². The first-order valence-electron chi connectivity index (χ1n) is 4.00. The molecule has 12 heavy (non-hydrogen) atoms. The average molecular weight is 237 g/mol. The standard InChI is InChI=1S/C6H9BrO.C2H4O2/c7-6-2-4(6)1-5(8)3-6;1-2(3)4/h4-5,8H,1-3H2;1H3,(H,3,4)/t4-,5+,6+;/m0./s1. The number of halogens is 1. The van der Waals surface area contributed by atoms with Gasteiger partial charge < -0.3 is 10.2 Å². The van der Waals surface area contributed by atoms with Crippen LogP contribution in [-0.2, 0) is 4.79 Å². The highest BCUT2D eigenvalue weighted by molar-refractivity contribution is 9.10. The molecule has 0 aromatic rings. The number of hydrogen-bond acceptors (Lipinski definition) is 2. The molecule has 0 spiro atoms. The zero-order valence-corrected chi connectivity index (χ0v) is 8.54. The molecule has 0 aliphatic heterocycles. The molecule has 2 rings (SSSR count). The third-order valence-corrected chi connectivity index (χ3v) is 3.58. The summed E-state index contributed by atoms with van der Waals surface area (Å²) in [5, 5.41) is 16.5. The van der Waals surface area contributed by atoms with Gasteiger partial charge in [-0.05, 0) is 25.2 Å². The first kappa shape index (κ1) is 9.99. The van der Waals surface area contributed by atoms with Crippen LogP contribution >= 0.6 is 15.9 Å². The van der Waals surface area contributed by atoms with E-state index in [1.807, 2.05) is 0 Å². The van der Waals surface area contributed by atoms with Crippen LogP contribution in [0.1, 0.15) is 26.2 Å². The number of aliphatic hydroxyl groups is 1. The fraction of sp³-hybridized carbons (Fsp3) is 0.875. The van der Waals surface area contributed by atoms with Gasteiger partial charge in [0.25, 0.3) is 5.97 Å². The summed E-state index contributed by atoms with van der Waals surface area (Å²) in [5.41, 5.74) is 0. The van der Waals surface area contributed by atoms with E-state index >= 15 is 0 Å². The molecule has 70 valence electrons. The number of hydrogen-bond donors (Lipinski definition) is 2. The van der Waals surface area contributed by atoms with Gasteiger partial charge in [-0.15, -0.1) is 0 Å². The predicted octanol–water partition coefficient (Wildman–Crippen LogP) is 1.39. The Morgan fingerprint density at radius 3 is 2.25 bits per heavy atom. The van der Waals surface area contributed by atoms with Crippen LogP contribution in [0.5, 0.6) is 0 Å². The molecule has 0 aromatic heterocycles. The van der Waals surface area contributed by atoms with Gasteiger partial charge in [-0.3, -0.25) is 4.79 Å². The third-order valence-electron chi connectivity index (χ3n) is 2.29. The van der Waals surface area contributed by atoms with E-state index in [2.05, 4.69) is 15.9 Å². The fourth-order valence-electron chi connectivity index (χ4n) is 1.70. The molecule has 0 bridgehead atoms. The lowest BCUT2D eigenvalue weighted by molar-refractivity contribution is -0.134. The monoisotopic (exact) mass is 236 g/mol. The summed E-state index contributed by atoms with van der Waals surface area (Å²) in [5.74, 6) is -0.0301. The Hall–Kier alpha value is -0.0900. The van der Waals surface area contributed by atoms with Crippen LogP contribution in [-0.4, -0.2) is 26.6 Å². The second-order valence-electron chi connectivity index (χ2n) is 3.55. The molecule has 3 nitrogen and oxygen atoms in total. The van der Waals surface area contributed by atoms with Gasteiger partial charge in [-0.25, -0.2) is 0 Å². The molecule has 4 heteroatoms. The highest BCUT2D eigenvalue weighted by Gasteiger charge is 2.58. The predicted molar refractivity (Wildman–Crippen MR) is 48.3 cm³/mol. The van der Waals surface area contributed by atoms with Gasteiger partial charge >= 0.3 is 0 Å². The van der Waals surface area contributed by atoms with E-state index in [0.717, 1.165) is 25.7 Å². The summed E-state index contributed by atoms with van der Waals surface area (Å²) in [6.07, 6.45) is 3.31. The van der Waals surface area contributed by atoms with Crippen molar-refractivity contribution in [2.45, 2.75) is 36.6 Å². The second kappa shape index (κ2) is 3.34. The van der Waals surface area contributed by atoms with E-state index in [1.54, 1.807) is 0 Å². The molecule has 2 fully saturated rings. The minimum absolute atomic E-state index is 0.00637. The lowest BCUT2D eigenvalue weighted by atomic mass is 10.2. The van der Waals surface area contributed by atoms with Crippen LogP contribution in [0.4, 0.5) is 0 Å². The van der Waals surface area contributed by atoms with Crippen molar-refractivity contribution in [3.63, 3.8) is 0 Å². The summed E-state index contributed by atoms with van der Waals surface area (Å²) in [7, 11) is 0. The molecule has 0 saturated heterocycles. The van der Waals surface area contributed by atoms with Crippen molar-refractivity contribution in [1.82, 2.24) is 0 Å². The number of carboxylic acid groups (broad SMARTS) is 1. The fourth-order valence-corrected chi connectivity index (χ4v) is 2.65. The Labute approximate surface area is 79.9 Å². The van der Waals surface area contributed by atoms with Gasteiger partial charge in [0, 0.05) is 11.2 Å². The van der Waals surface area contributed by atoms with Gasteiger partial charge in [-0.1, -0.05) is 15.9 Å². The van der Waals surface area contributed by atoms with Crippen LogP contribution in [0.25, 0.3) is 0 Å². The second-order valence-corrected chi connectivity index (χ2v) is 5.13. The van der Waals surface area contributed by atoms with Crippen LogP contribution < -0.4 is 0 Å². The highest BCUT2D eigenvalue weighted by atomic mass is 79.9. The van der Waals surface area contributed by atoms with E-state index in [0.29, 0.717) is 4.32 Å². The van der Waals surface area contributed by atoms with Gasteiger partial charge in [0.2, 0.25) is 0 Å². The number of carbonyl (C=O) groups is 1. The van der Waals surface area contributed by atoms with E-state index in [4.69, 9.17) is 15.0 Å². The van der Waals surface area contributed by atoms with Gasteiger partial charge in [0.15, 0.2) is 0 Å². The molecule has 0 radical (unpaired) electrons. The Bertz CT molecular complexity index is 191. The molecule has 2 aliphatic carbocycles. The molecule has 0 amide bonds. The first-order chi connectivity index (χ1) is 5.44. The van der Waals surface area contributed by atoms with Crippen molar-refractivity contribution in [3.05, 3.63) is 0 Å². The van der Waals surface area contributed by atoms with Crippen molar-refractivity contribution in [1.29, 1.82) is 0 Å². The van der Waals surface area contributed by atoms with Gasteiger partial charge in [0.05, 0.1) is 6.10 Å². The Balaban J connectivity index is 0.000000157. The number of carboxylic acids is 1. The third kappa shape index (κ3) is 2.45. The lowest BCUT2D eigenvalue weighted by Gasteiger charge is -2.02. The van der Waals surface area contributed by atoms with Gasteiger partial charge in [0.1, 0.15) is 0 Å². The number of fused-ring (bicyclic) bond motifs is 1. The Morgan fingerprint density at radius 1 is 1.58 bits per heavy atom. The molecule has 0 heterocycles. The lowest BCUT2D eigenvalue weighted by Crippen LogP contribution is -2.05. The van der Waals surface area contributed by atoms with Gasteiger partial charge in [-0.2, -0.15) is 0 Å². The zero-order chi connectivity index (χ0) is 9.35. The number of aliphatic hydroxyl groups excluding tert-OH is 1.